The lowest BCUT2D eigenvalue weighted by molar-refractivity contribution is 1.42. The quantitative estimate of drug-likeness (QED) is 0.603. The van der Waals surface area contributed by atoms with Crippen molar-refractivity contribution in [3.05, 3.63) is 77.4 Å². The molecule has 0 heterocycles. The van der Waals surface area contributed by atoms with E-state index in [0.29, 0.717) is 0 Å². The van der Waals surface area contributed by atoms with Crippen molar-refractivity contribution in [3.63, 3.8) is 0 Å². The van der Waals surface area contributed by atoms with Crippen molar-refractivity contribution in [2.75, 3.05) is 0 Å². The van der Waals surface area contributed by atoms with Crippen LogP contribution in [0.4, 0.5) is 0 Å². The summed E-state index contributed by atoms with van der Waals surface area (Å²) >= 11 is 3.43. The van der Waals surface area contributed by atoms with E-state index in [9.17, 15) is 0 Å². The van der Waals surface area contributed by atoms with Crippen LogP contribution in [-0.4, -0.2) is 0 Å². The minimum atomic E-state index is 0.843. The largest absolute Gasteiger partial charge is 0.193 e. The molecule has 2 heteroatoms. The van der Waals surface area contributed by atoms with Crippen LogP contribution in [-0.2, 0) is 5.33 Å². The summed E-state index contributed by atoms with van der Waals surface area (Å²) in [6, 6.07) is 20.3. The second-order valence-corrected chi connectivity index (χ2v) is 4.44. The van der Waals surface area contributed by atoms with Gasteiger partial charge < -0.3 is 0 Å². The standard InChI is InChI=1S/C16H12BrN/c17-12-13-6-8-15(9-7-13)16(10-11-18)14-4-2-1-3-5-14/h1-10H,12H2/b16-10+. The zero-order valence-corrected chi connectivity index (χ0v) is 11.4. The van der Waals surface area contributed by atoms with Crippen molar-refractivity contribution in [2.45, 2.75) is 5.33 Å². The van der Waals surface area contributed by atoms with Crippen LogP contribution in [0.5, 0.6) is 0 Å². The van der Waals surface area contributed by atoms with Crippen molar-refractivity contribution in [2.24, 2.45) is 0 Å². The molecule has 88 valence electrons. The van der Waals surface area contributed by atoms with Gasteiger partial charge >= 0.3 is 0 Å². The number of benzene rings is 2. The summed E-state index contributed by atoms with van der Waals surface area (Å²) in [6.07, 6.45) is 1.60. The highest BCUT2D eigenvalue weighted by Gasteiger charge is 2.04. The van der Waals surface area contributed by atoms with Gasteiger partial charge in [-0.25, -0.2) is 0 Å². The Labute approximate surface area is 116 Å². The number of nitrogens with zero attached hydrogens (tertiary/aromatic N) is 1. The van der Waals surface area contributed by atoms with Gasteiger partial charge in [0.1, 0.15) is 0 Å². The molecule has 0 spiro atoms. The van der Waals surface area contributed by atoms with E-state index in [2.05, 4.69) is 34.1 Å². The van der Waals surface area contributed by atoms with Crippen molar-refractivity contribution < 1.29 is 0 Å². The molecule has 2 aromatic carbocycles. The first-order chi connectivity index (χ1) is 8.85. The lowest BCUT2D eigenvalue weighted by Gasteiger charge is -2.07. The molecule has 2 rings (SSSR count). The Morgan fingerprint density at radius 2 is 1.61 bits per heavy atom. The molecule has 0 atom stereocenters. The van der Waals surface area contributed by atoms with Gasteiger partial charge in [-0.3, -0.25) is 0 Å². The average molecular weight is 298 g/mol. The number of halogens is 1. The number of hydrogen-bond acceptors (Lipinski definition) is 1. The molecule has 0 bridgehead atoms. The minimum absolute atomic E-state index is 0.843. The number of hydrogen-bond donors (Lipinski definition) is 0. The fourth-order valence-electron chi connectivity index (χ4n) is 1.79. The summed E-state index contributed by atoms with van der Waals surface area (Å²) < 4.78 is 0. The molecule has 0 fully saturated rings. The Balaban J connectivity index is 2.43. The number of rotatable bonds is 3. The second kappa shape index (κ2) is 6.18. The molecular formula is C16H12BrN. The summed E-state index contributed by atoms with van der Waals surface area (Å²) in [5, 5.41) is 9.77. The fourth-order valence-corrected chi connectivity index (χ4v) is 2.16. The third kappa shape index (κ3) is 2.88. The number of alkyl halides is 1. The maximum absolute atomic E-state index is 8.93. The zero-order valence-electron chi connectivity index (χ0n) is 9.81. The topological polar surface area (TPSA) is 23.8 Å². The molecule has 0 saturated heterocycles. The third-order valence-corrected chi connectivity index (χ3v) is 3.36. The first-order valence-electron chi connectivity index (χ1n) is 5.65. The molecule has 0 radical (unpaired) electrons. The Kier molecular flexibility index (Phi) is 4.33. The maximum atomic E-state index is 8.93. The van der Waals surface area contributed by atoms with Crippen LogP contribution in [0.2, 0.25) is 0 Å². The summed E-state index contributed by atoms with van der Waals surface area (Å²) in [4.78, 5) is 0. The maximum Gasteiger partial charge on any atom is 0.0918 e. The third-order valence-electron chi connectivity index (χ3n) is 2.71. The highest BCUT2D eigenvalue weighted by atomic mass is 79.9. The van der Waals surface area contributed by atoms with Crippen LogP contribution in [0.1, 0.15) is 16.7 Å². The second-order valence-electron chi connectivity index (χ2n) is 3.88. The van der Waals surface area contributed by atoms with E-state index >= 15 is 0 Å². The molecule has 0 aliphatic rings. The van der Waals surface area contributed by atoms with Gasteiger partial charge in [-0.1, -0.05) is 70.5 Å². The summed E-state index contributed by atoms with van der Waals surface area (Å²) in [6.45, 7) is 0. The minimum Gasteiger partial charge on any atom is -0.193 e. The fraction of sp³-hybridized carbons (Fsp3) is 0.0625. The Morgan fingerprint density at radius 1 is 1.00 bits per heavy atom. The van der Waals surface area contributed by atoms with E-state index < -0.39 is 0 Å². The lowest BCUT2D eigenvalue weighted by Crippen LogP contribution is -1.88. The van der Waals surface area contributed by atoms with Crippen LogP contribution >= 0.6 is 15.9 Å². The molecule has 0 saturated carbocycles. The lowest BCUT2D eigenvalue weighted by atomic mass is 9.97. The van der Waals surface area contributed by atoms with Gasteiger partial charge in [0.2, 0.25) is 0 Å². The van der Waals surface area contributed by atoms with E-state index in [0.717, 1.165) is 22.0 Å². The van der Waals surface area contributed by atoms with E-state index in [4.69, 9.17) is 5.26 Å². The smallest absolute Gasteiger partial charge is 0.0918 e. The van der Waals surface area contributed by atoms with Gasteiger partial charge in [0.05, 0.1) is 6.07 Å². The van der Waals surface area contributed by atoms with E-state index in [1.807, 2.05) is 42.5 Å². The van der Waals surface area contributed by atoms with Crippen molar-refractivity contribution in [1.82, 2.24) is 0 Å². The van der Waals surface area contributed by atoms with Crippen LogP contribution in [0.25, 0.3) is 5.57 Å². The van der Waals surface area contributed by atoms with Crippen molar-refractivity contribution in [1.29, 1.82) is 5.26 Å². The van der Waals surface area contributed by atoms with Crippen LogP contribution in [0.3, 0.4) is 0 Å². The predicted octanol–water partition coefficient (Wildman–Crippen LogP) is 4.54. The van der Waals surface area contributed by atoms with E-state index in [-0.39, 0.29) is 0 Å². The van der Waals surface area contributed by atoms with Gasteiger partial charge in [-0.15, -0.1) is 0 Å². The molecule has 2 aromatic rings. The highest BCUT2D eigenvalue weighted by Crippen LogP contribution is 2.23. The first kappa shape index (κ1) is 12.6. The first-order valence-corrected chi connectivity index (χ1v) is 6.78. The van der Waals surface area contributed by atoms with Crippen molar-refractivity contribution in [3.8, 4) is 6.07 Å². The number of nitriles is 1. The molecule has 0 aliphatic heterocycles. The number of allylic oxidation sites excluding steroid dienone is 1. The average Bonchev–Trinajstić information content (AvgIpc) is 2.46. The van der Waals surface area contributed by atoms with Crippen LogP contribution in [0.15, 0.2) is 60.7 Å². The predicted molar refractivity (Wildman–Crippen MR) is 78.2 cm³/mol. The van der Waals surface area contributed by atoms with Gasteiger partial charge in [0.15, 0.2) is 0 Å². The molecule has 0 N–H and O–H groups in total. The summed E-state index contributed by atoms with van der Waals surface area (Å²) in [5.41, 5.74) is 4.31. The van der Waals surface area contributed by atoms with E-state index in [1.165, 1.54) is 5.56 Å². The molecular weight excluding hydrogens is 286 g/mol. The molecule has 0 amide bonds. The van der Waals surface area contributed by atoms with Gasteiger partial charge in [-0.2, -0.15) is 5.26 Å². The van der Waals surface area contributed by atoms with Gasteiger partial charge in [0, 0.05) is 11.4 Å². The van der Waals surface area contributed by atoms with E-state index in [1.54, 1.807) is 6.08 Å². The highest BCUT2D eigenvalue weighted by molar-refractivity contribution is 9.08. The summed E-state index contributed by atoms with van der Waals surface area (Å²) in [7, 11) is 0. The van der Waals surface area contributed by atoms with Crippen LogP contribution < -0.4 is 0 Å². The Morgan fingerprint density at radius 3 is 2.17 bits per heavy atom. The molecule has 18 heavy (non-hydrogen) atoms. The Hall–Kier alpha value is -1.85. The van der Waals surface area contributed by atoms with Gasteiger partial charge in [-0.05, 0) is 22.3 Å². The Bertz CT molecular complexity index is 577. The normalized spacial score (nSPS) is 11.0. The molecule has 0 aliphatic carbocycles. The summed E-state index contributed by atoms with van der Waals surface area (Å²) in [5.74, 6) is 0. The molecule has 0 unspecified atom stereocenters. The monoisotopic (exact) mass is 297 g/mol. The zero-order chi connectivity index (χ0) is 12.8. The molecule has 1 nitrogen and oxygen atoms in total. The van der Waals surface area contributed by atoms with Gasteiger partial charge in [0.25, 0.3) is 0 Å². The van der Waals surface area contributed by atoms with Crippen molar-refractivity contribution >= 4 is 21.5 Å². The molecule has 0 aromatic heterocycles. The SMILES string of the molecule is N#C/C=C(\c1ccccc1)c1ccc(CBr)cc1. The van der Waals surface area contributed by atoms with Crippen LogP contribution in [0, 0.1) is 11.3 Å².